The predicted molar refractivity (Wildman–Crippen MR) is 128 cm³/mol. The second-order valence-electron chi connectivity index (χ2n) is 8.66. The molecule has 2 aliphatic heterocycles. The number of rotatable bonds is 8. The van der Waals surface area contributed by atoms with Crippen molar-refractivity contribution in [2.75, 3.05) is 63.8 Å². The zero-order valence-corrected chi connectivity index (χ0v) is 19.7. The Bertz CT molecular complexity index is 693. The fraction of sp³-hybridized carbons (Fsp3) is 0.708. The molecule has 31 heavy (non-hydrogen) atoms. The molecule has 3 rings (SSSR count). The second kappa shape index (κ2) is 12.2. The zero-order chi connectivity index (χ0) is 22.1. The van der Waals surface area contributed by atoms with Gasteiger partial charge in [-0.3, -0.25) is 0 Å². The third-order valence-corrected chi connectivity index (χ3v) is 6.40. The molecule has 0 radical (unpaired) electrons. The first-order chi connectivity index (χ1) is 15.1. The molecule has 2 N–H and O–H groups in total. The Morgan fingerprint density at radius 3 is 2.39 bits per heavy atom. The summed E-state index contributed by atoms with van der Waals surface area (Å²) in [5.41, 5.74) is 1.62. The summed E-state index contributed by atoms with van der Waals surface area (Å²) in [6.07, 6.45) is 3.49. The Kier molecular flexibility index (Phi) is 9.40. The van der Waals surface area contributed by atoms with Crippen LogP contribution in [0.15, 0.2) is 23.2 Å². The average molecular weight is 433 g/mol. The lowest BCUT2D eigenvalue weighted by atomic mass is 10.1. The molecular formula is C24H41FN6. The van der Waals surface area contributed by atoms with Crippen molar-refractivity contribution >= 4 is 11.6 Å². The van der Waals surface area contributed by atoms with Gasteiger partial charge in [-0.25, -0.2) is 9.38 Å². The van der Waals surface area contributed by atoms with Crippen molar-refractivity contribution in [3.63, 3.8) is 0 Å². The minimum absolute atomic E-state index is 0.140. The number of benzene rings is 1. The normalized spacial score (nSPS) is 19.6. The van der Waals surface area contributed by atoms with Crippen LogP contribution in [0.2, 0.25) is 0 Å². The van der Waals surface area contributed by atoms with Gasteiger partial charge in [0, 0.05) is 51.9 Å². The zero-order valence-electron chi connectivity index (χ0n) is 19.7. The van der Waals surface area contributed by atoms with Gasteiger partial charge in [-0.2, -0.15) is 0 Å². The Morgan fingerprint density at radius 1 is 1.03 bits per heavy atom. The first-order valence-electron chi connectivity index (χ1n) is 12.2. The summed E-state index contributed by atoms with van der Waals surface area (Å²) in [7, 11) is 0. The highest BCUT2D eigenvalue weighted by molar-refractivity contribution is 5.80. The number of halogens is 1. The van der Waals surface area contributed by atoms with Crippen LogP contribution in [-0.2, 0) is 6.54 Å². The van der Waals surface area contributed by atoms with Crippen LogP contribution in [0, 0.1) is 5.82 Å². The quantitative estimate of drug-likeness (QED) is 0.489. The van der Waals surface area contributed by atoms with Crippen LogP contribution in [-0.4, -0.2) is 80.7 Å². The molecule has 7 heteroatoms. The van der Waals surface area contributed by atoms with Crippen LogP contribution in [0.3, 0.4) is 0 Å². The van der Waals surface area contributed by atoms with Crippen molar-refractivity contribution in [3.05, 3.63) is 29.6 Å². The molecule has 0 aliphatic carbocycles. The van der Waals surface area contributed by atoms with Gasteiger partial charge in [-0.05, 0) is 57.0 Å². The molecule has 0 saturated carbocycles. The molecule has 1 aromatic carbocycles. The highest BCUT2D eigenvalue weighted by Crippen LogP contribution is 2.22. The van der Waals surface area contributed by atoms with Crippen LogP contribution in [0.25, 0.3) is 0 Å². The van der Waals surface area contributed by atoms with E-state index in [1.165, 1.54) is 13.0 Å². The molecule has 2 fully saturated rings. The highest BCUT2D eigenvalue weighted by Gasteiger charge is 2.20. The molecule has 2 heterocycles. The number of likely N-dealkylation sites (N-methyl/N-ethyl adjacent to an activating group) is 1. The van der Waals surface area contributed by atoms with Gasteiger partial charge in [-0.15, -0.1) is 0 Å². The van der Waals surface area contributed by atoms with E-state index in [1.54, 1.807) is 6.07 Å². The van der Waals surface area contributed by atoms with Crippen molar-refractivity contribution < 1.29 is 4.39 Å². The van der Waals surface area contributed by atoms with Crippen molar-refractivity contribution in [2.45, 2.75) is 52.6 Å². The minimum atomic E-state index is -0.140. The van der Waals surface area contributed by atoms with Crippen LogP contribution in [0.1, 0.15) is 45.6 Å². The van der Waals surface area contributed by atoms with Crippen LogP contribution in [0.4, 0.5) is 10.1 Å². The smallest absolute Gasteiger partial charge is 0.191 e. The maximum Gasteiger partial charge on any atom is 0.191 e. The number of nitrogens with zero attached hydrogens (tertiary/aromatic N) is 4. The van der Waals surface area contributed by atoms with E-state index in [0.717, 1.165) is 76.7 Å². The fourth-order valence-electron chi connectivity index (χ4n) is 4.51. The van der Waals surface area contributed by atoms with E-state index in [0.29, 0.717) is 18.3 Å². The molecule has 1 aromatic rings. The van der Waals surface area contributed by atoms with E-state index in [4.69, 9.17) is 4.99 Å². The van der Waals surface area contributed by atoms with Gasteiger partial charge in [0.1, 0.15) is 5.82 Å². The monoisotopic (exact) mass is 432 g/mol. The maximum atomic E-state index is 14.8. The molecule has 0 spiro atoms. The standard InChI is InChI=1S/C24H41FN6/c1-4-11-30-12-9-21(10-13-30)28-24(26-5-2)27-19-20-7-8-23(22(25)18-20)31-16-14-29(6-3)15-17-31/h7-8,18,21H,4-6,9-17,19H2,1-3H3,(H2,26,27,28). The van der Waals surface area contributed by atoms with Gasteiger partial charge in [0.25, 0.3) is 0 Å². The van der Waals surface area contributed by atoms with Gasteiger partial charge in [0.05, 0.1) is 12.2 Å². The number of nitrogens with one attached hydrogen (secondary N) is 2. The lowest BCUT2D eigenvalue weighted by Gasteiger charge is -2.35. The molecule has 0 bridgehead atoms. The number of hydrogen-bond acceptors (Lipinski definition) is 4. The number of aliphatic imine (C=N–C) groups is 1. The summed E-state index contributed by atoms with van der Waals surface area (Å²) in [6.45, 7) is 16.1. The van der Waals surface area contributed by atoms with Crippen molar-refractivity contribution in [2.24, 2.45) is 4.99 Å². The molecule has 2 saturated heterocycles. The van der Waals surface area contributed by atoms with E-state index >= 15 is 0 Å². The third kappa shape index (κ3) is 7.07. The topological polar surface area (TPSA) is 46.1 Å². The van der Waals surface area contributed by atoms with E-state index in [1.807, 2.05) is 12.1 Å². The van der Waals surface area contributed by atoms with E-state index in [2.05, 4.69) is 46.1 Å². The minimum Gasteiger partial charge on any atom is -0.367 e. The largest absolute Gasteiger partial charge is 0.367 e. The summed E-state index contributed by atoms with van der Waals surface area (Å²) in [6, 6.07) is 6.04. The van der Waals surface area contributed by atoms with Crippen molar-refractivity contribution in [1.29, 1.82) is 0 Å². The van der Waals surface area contributed by atoms with Crippen LogP contribution < -0.4 is 15.5 Å². The molecule has 0 atom stereocenters. The second-order valence-corrected chi connectivity index (χ2v) is 8.66. The van der Waals surface area contributed by atoms with Crippen molar-refractivity contribution in [3.8, 4) is 0 Å². The Hall–Kier alpha value is -1.86. The summed E-state index contributed by atoms with van der Waals surface area (Å²) in [5.74, 6) is 0.690. The van der Waals surface area contributed by atoms with Gasteiger partial charge in [0.15, 0.2) is 5.96 Å². The number of hydrogen-bond donors (Lipinski definition) is 2. The van der Waals surface area contributed by atoms with Crippen LogP contribution >= 0.6 is 0 Å². The highest BCUT2D eigenvalue weighted by atomic mass is 19.1. The third-order valence-electron chi connectivity index (χ3n) is 6.40. The van der Waals surface area contributed by atoms with E-state index < -0.39 is 0 Å². The van der Waals surface area contributed by atoms with E-state index in [9.17, 15) is 4.39 Å². The predicted octanol–water partition coefficient (Wildman–Crippen LogP) is 2.90. The Labute approximate surface area is 187 Å². The number of piperidine rings is 1. The summed E-state index contributed by atoms with van der Waals surface area (Å²) >= 11 is 0. The van der Waals surface area contributed by atoms with Crippen molar-refractivity contribution in [1.82, 2.24) is 20.4 Å². The first-order valence-corrected chi connectivity index (χ1v) is 12.2. The Balaban J connectivity index is 1.55. The summed E-state index contributed by atoms with van der Waals surface area (Å²) in [5, 5.41) is 6.93. The number of anilines is 1. The summed E-state index contributed by atoms with van der Waals surface area (Å²) < 4.78 is 14.8. The Morgan fingerprint density at radius 2 is 1.77 bits per heavy atom. The lowest BCUT2D eigenvalue weighted by Crippen LogP contribution is -2.48. The molecule has 0 unspecified atom stereocenters. The van der Waals surface area contributed by atoms with Gasteiger partial charge >= 0.3 is 0 Å². The van der Waals surface area contributed by atoms with Gasteiger partial charge < -0.3 is 25.3 Å². The number of guanidine groups is 1. The van der Waals surface area contributed by atoms with Crippen LogP contribution in [0.5, 0.6) is 0 Å². The summed E-state index contributed by atoms with van der Waals surface area (Å²) in [4.78, 5) is 11.8. The molecular weight excluding hydrogens is 391 g/mol. The lowest BCUT2D eigenvalue weighted by molar-refractivity contribution is 0.206. The SMILES string of the molecule is CCCN1CCC(NC(=NCc2ccc(N3CCN(CC)CC3)c(F)c2)NCC)CC1. The molecule has 0 amide bonds. The van der Waals surface area contributed by atoms with E-state index in [-0.39, 0.29) is 5.82 Å². The maximum absolute atomic E-state index is 14.8. The van der Waals surface area contributed by atoms with Gasteiger partial charge in [0.2, 0.25) is 0 Å². The molecule has 0 aromatic heterocycles. The molecule has 6 nitrogen and oxygen atoms in total. The molecule has 2 aliphatic rings. The average Bonchev–Trinajstić information content (AvgIpc) is 2.79. The fourth-order valence-corrected chi connectivity index (χ4v) is 4.51. The number of piperazine rings is 1. The number of likely N-dealkylation sites (tertiary alicyclic amines) is 1. The first kappa shape index (κ1) is 23.8. The molecule has 174 valence electrons. The van der Waals surface area contributed by atoms with Gasteiger partial charge in [-0.1, -0.05) is 19.9 Å².